The van der Waals surface area contributed by atoms with Gasteiger partial charge in [-0.1, -0.05) is 6.07 Å². The van der Waals surface area contributed by atoms with Gasteiger partial charge in [-0.15, -0.1) is 0 Å². The number of anilines is 1. The van der Waals surface area contributed by atoms with E-state index in [1.165, 1.54) is 14.2 Å². The number of methoxy groups -OCH3 is 2. The average molecular weight is 316 g/mol. The maximum atomic E-state index is 11.9. The Bertz CT molecular complexity index is 574. The zero-order valence-electron chi connectivity index (χ0n) is 12.3. The molecule has 0 atom stereocenters. The summed E-state index contributed by atoms with van der Waals surface area (Å²) in [5.41, 5.74) is 0.541. The van der Waals surface area contributed by atoms with Crippen molar-refractivity contribution >= 4 is 21.6 Å². The van der Waals surface area contributed by atoms with Crippen LogP contribution >= 0.6 is 0 Å². The summed E-state index contributed by atoms with van der Waals surface area (Å²) in [7, 11) is -0.476. The topological polar surface area (TPSA) is 84.9 Å². The molecule has 0 unspecified atom stereocenters. The molecular formula is C13H20N2O5S. The fourth-order valence-corrected chi connectivity index (χ4v) is 2.37. The predicted molar refractivity (Wildman–Crippen MR) is 79.9 cm³/mol. The van der Waals surface area contributed by atoms with E-state index in [9.17, 15) is 13.2 Å². The quantitative estimate of drug-likeness (QED) is 0.757. The van der Waals surface area contributed by atoms with Crippen molar-refractivity contribution in [3.63, 3.8) is 0 Å². The third-order valence-electron chi connectivity index (χ3n) is 2.69. The predicted octanol–water partition coefficient (Wildman–Crippen LogP) is 0.542. The highest BCUT2D eigenvalue weighted by Crippen LogP contribution is 2.16. The zero-order chi connectivity index (χ0) is 15.9. The summed E-state index contributed by atoms with van der Waals surface area (Å²) in [5, 5.41) is 2.63. The van der Waals surface area contributed by atoms with Crippen LogP contribution in [0.25, 0.3) is 0 Å². The number of benzene rings is 1. The molecule has 21 heavy (non-hydrogen) atoms. The minimum absolute atomic E-state index is 0.126. The van der Waals surface area contributed by atoms with E-state index in [-0.39, 0.29) is 19.7 Å². The maximum Gasteiger partial charge on any atom is 0.239 e. The van der Waals surface area contributed by atoms with Gasteiger partial charge < -0.3 is 14.8 Å². The van der Waals surface area contributed by atoms with Crippen molar-refractivity contribution < 1.29 is 22.7 Å². The normalized spacial score (nSPS) is 11.4. The number of ether oxygens (including phenoxy) is 2. The molecule has 0 heterocycles. The first-order valence-corrected chi connectivity index (χ1v) is 8.09. The monoisotopic (exact) mass is 316 g/mol. The van der Waals surface area contributed by atoms with E-state index in [1.54, 1.807) is 24.3 Å². The third-order valence-corrected chi connectivity index (χ3v) is 3.94. The molecule has 0 fully saturated rings. The van der Waals surface area contributed by atoms with Crippen LogP contribution in [0.4, 0.5) is 5.69 Å². The molecule has 0 aromatic heterocycles. The number of amides is 1. The Hall–Kier alpha value is -1.64. The number of carbonyl (C=O) groups is 1. The van der Waals surface area contributed by atoms with Crippen LogP contribution in [0.1, 0.15) is 0 Å². The fraction of sp³-hybridized carbons (Fsp3) is 0.462. The van der Waals surface area contributed by atoms with Crippen molar-refractivity contribution in [2.45, 2.75) is 0 Å². The lowest BCUT2D eigenvalue weighted by molar-refractivity contribution is -0.116. The minimum atomic E-state index is -3.47. The molecule has 1 aromatic carbocycles. The number of nitrogens with one attached hydrogen (secondary N) is 1. The van der Waals surface area contributed by atoms with Gasteiger partial charge in [-0.2, -0.15) is 4.31 Å². The lowest BCUT2D eigenvalue weighted by Crippen LogP contribution is -2.39. The molecule has 0 aliphatic carbocycles. The molecule has 118 valence electrons. The van der Waals surface area contributed by atoms with E-state index in [0.29, 0.717) is 11.4 Å². The Morgan fingerprint density at radius 2 is 2.05 bits per heavy atom. The highest BCUT2D eigenvalue weighted by Gasteiger charge is 2.19. The highest BCUT2D eigenvalue weighted by atomic mass is 32.2. The summed E-state index contributed by atoms with van der Waals surface area (Å²) in [4.78, 5) is 11.9. The number of carbonyl (C=O) groups excluding carboxylic acids is 1. The summed E-state index contributed by atoms with van der Waals surface area (Å²) >= 11 is 0. The van der Waals surface area contributed by atoms with Gasteiger partial charge in [-0.3, -0.25) is 4.79 Å². The summed E-state index contributed by atoms with van der Waals surface area (Å²) in [6, 6.07) is 6.82. The molecular weight excluding hydrogens is 296 g/mol. The molecule has 0 aliphatic heterocycles. The summed E-state index contributed by atoms with van der Waals surface area (Å²) in [6.07, 6.45) is 1.06. The molecule has 0 spiro atoms. The second-order valence-corrected chi connectivity index (χ2v) is 6.35. The van der Waals surface area contributed by atoms with Gasteiger partial charge in [0.1, 0.15) is 5.75 Å². The number of sulfonamides is 1. The van der Waals surface area contributed by atoms with Crippen molar-refractivity contribution in [1.82, 2.24) is 4.31 Å². The number of nitrogens with zero attached hydrogens (tertiary/aromatic N) is 1. The van der Waals surface area contributed by atoms with Gasteiger partial charge in [0.15, 0.2) is 0 Å². The lowest BCUT2D eigenvalue weighted by atomic mass is 10.3. The summed E-state index contributed by atoms with van der Waals surface area (Å²) in [6.45, 7) is 0.0831. The van der Waals surface area contributed by atoms with Gasteiger partial charge in [0.05, 0.1) is 26.5 Å². The first kappa shape index (κ1) is 17.4. The first-order chi connectivity index (χ1) is 9.86. The lowest BCUT2D eigenvalue weighted by Gasteiger charge is -2.19. The minimum Gasteiger partial charge on any atom is -0.497 e. The van der Waals surface area contributed by atoms with Gasteiger partial charge in [0.25, 0.3) is 0 Å². The SMILES string of the molecule is COCCN(CC(=O)Nc1cccc(OC)c1)S(C)(=O)=O. The Morgan fingerprint density at radius 3 is 2.62 bits per heavy atom. The average Bonchev–Trinajstić information content (AvgIpc) is 2.42. The van der Waals surface area contributed by atoms with Crippen molar-refractivity contribution in [3.05, 3.63) is 24.3 Å². The number of hydrogen-bond donors (Lipinski definition) is 1. The van der Waals surface area contributed by atoms with Gasteiger partial charge >= 0.3 is 0 Å². The fourth-order valence-electron chi connectivity index (χ4n) is 1.62. The van der Waals surface area contributed by atoms with Gasteiger partial charge in [-0.05, 0) is 12.1 Å². The molecule has 0 bridgehead atoms. The van der Waals surface area contributed by atoms with Crippen LogP contribution < -0.4 is 10.1 Å². The van der Waals surface area contributed by atoms with Crippen LogP contribution in [-0.4, -0.2) is 58.8 Å². The standard InChI is InChI=1S/C13H20N2O5S/c1-19-8-7-15(21(3,17)18)10-13(16)14-11-5-4-6-12(9-11)20-2/h4-6,9H,7-8,10H2,1-3H3,(H,14,16). The largest absolute Gasteiger partial charge is 0.497 e. The molecule has 1 N–H and O–H groups in total. The molecule has 8 heteroatoms. The maximum absolute atomic E-state index is 11.9. The Morgan fingerprint density at radius 1 is 1.33 bits per heavy atom. The van der Waals surface area contributed by atoms with Crippen LogP contribution in [-0.2, 0) is 19.6 Å². The molecule has 0 saturated carbocycles. The molecule has 0 aliphatic rings. The van der Waals surface area contributed by atoms with Crippen LogP contribution in [0.15, 0.2) is 24.3 Å². The van der Waals surface area contributed by atoms with E-state index >= 15 is 0 Å². The Balaban J connectivity index is 2.69. The van der Waals surface area contributed by atoms with Crippen LogP contribution in [0.2, 0.25) is 0 Å². The van der Waals surface area contributed by atoms with Crippen molar-refractivity contribution in [1.29, 1.82) is 0 Å². The Kier molecular flexibility index (Phi) is 6.60. The molecule has 0 saturated heterocycles. The van der Waals surface area contributed by atoms with Gasteiger partial charge in [-0.25, -0.2) is 8.42 Å². The van der Waals surface area contributed by atoms with E-state index in [1.807, 2.05) is 0 Å². The summed E-state index contributed by atoms with van der Waals surface area (Å²) < 4.78 is 34.1. The van der Waals surface area contributed by atoms with Crippen molar-refractivity contribution in [2.75, 3.05) is 45.5 Å². The third kappa shape index (κ3) is 6.11. The Labute approximate surface area is 124 Å². The second kappa shape index (κ2) is 7.96. The smallest absolute Gasteiger partial charge is 0.239 e. The van der Waals surface area contributed by atoms with E-state index in [4.69, 9.17) is 9.47 Å². The van der Waals surface area contributed by atoms with E-state index in [0.717, 1.165) is 10.6 Å². The van der Waals surface area contributed by atoms with E-state index in [2.05, 4.69) is 5.32 Å². The first-order valence-electron chi connectivity index (χ1n) is 6.24. The van der Waals surface area contributed by atoms with Gasteiger partial charge in [0.2, 0.25) is 15.9 Å². The van der Waals surface area contributed by atoms with Gasteiger partial charge in [0, 0.05) is 25.4 Å². The molecule has 1 amide bonds. The van der Waals surface area contributed by atoms with E-state index < -0.39 is 15.9 Å². The highest BCUT2D eigenvalue weighted by molar-refractivity contribution is 7.88. The number of rotatable bonds is 8. The summed E-state index contributed by atoms with van der Waals surface area (Å²) in [5.74, 6) is 0.178. The molecule has 0 radical (unpaired) electrons. The van der Waals surface area contributed by atoms with Crippen LogP contribution in [0.5, 0.6) is 5.75 Å². The zero-order valence-corrected chi connectivity index (χ0v) is 13.1. The van der Waals surface area contributed by atoms with Crippen molar-refractivity contribution in [3.8, 4) is 5.75 Å². The molecule has 1 aromatic rings. The number of hydrogen-bond acceptors (Lipinski definition) is 5. The van der Waals surface area contributed by atoms with Crippen molar-refractivity contribution in [2.24, 2.45) is 0 Å². The van der Waals surface area contributed by atoms with Crippen LogP contribution in [0.3, 0.4) is 0 Å². The van der Waals surface area contributed by atoms with Crippen LogP contribution in [0, 0.1) is 0 Å². The second-order valence-electron chi connectivity index (χ2n) is 4.37. The molecule has 1 rings (SSSR count). The molecule has 7 nitrogen and oxygen atoms in total.